The Labute approximate surface area is 121 Å². The summed E-state index contributed by atoms with van der Waals surface area (Å²) in [4.78, 5) is 27.4. The van der Waals surface area contributed by atoms with Gasteiger partial charge in [-0.3, -0.25) is 9.59 Å². The van der Waals surface area contributed by atoms with Crippen molar-refractivity contribution in [2.45, 2.75) is 0 Å². The van der Waals surface area contributed by atoms with Crippen molar-refractivity contribution in [3.8, 4) is 0 Å². The molecule has 2 amide bonds. The second-order valence-corrected chi connectivity index (χ2v) is 4.39. The van der Waals surface area contributed by atoms with E-state index >= 15 is 0 Å². The van der Waals surface area contributed by atoms with Crippen molar-refractivity contribution in [1.82, 2.24) is 10.3 Å². The Balaban J connectivity index is 1.86. The molecule has 2 N–H and O–H groups in total. The Hall–Kier alpha value is -2.40. The van der Waals surface area contributed by atoms with Crippen LogP contribution in [-0.2, 0) is 4.79 Å². The van der Waals surface area contributed by atoms with Gasteiger partial charge in [-0.05, 0) is 30.3 Å². The summed E-state index contributed by atoms with van der Waals surface area (Å²) in [7, 11) is 0. The predicted octanol–water partition coefficient (Wildman–Crippen LogP) is 2.10. The van der Waals surface area contributed by atoms with Crippen molar-refractivity contribution in [3.05, 3.63) is 59.2 Å². The van der Waals surface area contributed by atoms with Gasteiger partial charge in [0.1, 0.15) is 5.82 Å². The summed E-state index contributed by atoms with van der Waals surface area (Å²) < 4.78 is 0. The number of benzene rings is 1. The lowest BCUT2D eigenvalue weighted by Crippen LogP contribution is -2.33. The Morgan fingerprint density at radius 1 is 1.15 bits per heavy atom. The van der Waals surface area contributed by atoms with Gasteiger partial charge < -0.3 is 10.6 Å². The zero-order valence-electron chi connectivity index (χ0n) is 10.5. The van der Waals surface area contributed by atoms with Crippen molar-refractivity contribution in [3.63, 3.8) is 0 Å². The molecule has 0 aliphatic heterocycles. The van der Waals surface area contributed by atoms with Crippen molar-refractivity contribution in [2.75, 3.05) is 11.9 Å². The molecule has 0 aliphatic rings. The molecule has 0 unspecified atom stereocenters. The van der Waals surface area contributed by atoms with Crippen LogP contribution in [-0.4, -0.2) is 23.3 Å². The van der Waals surface area contributed by atoms with Crippen LogP contribution in [0.5, 0.6) is 0 Å². The lowest BCUT2D eigenvalue weighted by molar-refractivity contribution is -0.115. The first kappa shape index (κ1) is 14.0. The number of amides is 2. The van der Waals surface area contributed by atoms with Crippen LogP contribution < -0.4 is 10.6 Å². The van der Waals surface area contributed by atoms with E-state index in [1.54, 1.807) is 42.6 Å². The Morgan fingerprint density at radius 3 is 2.70 bits per heavy atom. The van der Waals surface area contributed by atoms with E-state index in [0.29, 0.717) is 16.4 Å². The van der Waals surface area contributed by atoms with Gasteiger partial charge in [-0.25, -0.2) is 4.98 Å². The summed E-state index contributed by atoms with van der Waals surface area (Å²) in [6, 6.07) is 11.7. The molecular formula is C14H12ClN3O2. The summed E-state index contributed by atoms with van der Waals surface area (Å²) in [5.74, 6) is -0.266. The minimum Gasteiger partial charge on any atom is -0.343 e. The lowest BCUT2D eigenvalue weighted by Gasteiger charge is -2.06. The zero-order chi connectivity index (χ0) is 14.4. The van der Waals surface area contributed by atoms with Crippen molar-refractivity contribution < 1.29 is 9.59 Å². The second-order valence-electron chi connectivity index (χ2n) is 3.96. The maximum Gasteiger partial charge on any atom is 0.251 e. The van der Waals surface area contributed by atoms with Crippen LogP contribution in [0, 0.1) is 0 Å². The molecule has 2 rings (SSSR count). The van der Waals surface area contributed by atoms with Crippen LogP contribution in [0.2, 0.25) is 5.02 Å². The first-order valence-corrected chi connectivity index (χ1v) is 6.27. The molecule has 1 heterocycles. The van der Waals surface area contributed by atoms with Gasteiger partial charge in [-0.15, -0.1) is 0 Å². The van der Waals surface area contributed by atoms with Gasteiger partial charge in [0.25, 0.3) is 5.91 Å². The standard InChI is InChI=1S/C14H12ClN3O2/c15-11-5-3-4-10(8-11)14(20)17-9-13(19)18-12-6-1-2-7-16-12/h1-8H,9H2,(H,17,20)(H,16,18,19). The maximum atomic E-state index is 11.8. The Morgan fingerprint density at radius 2 is 2.00 bits per heavy atom. The van der Waals surface area contributed by atoms with Gasteiger partial charge in [-0.1, -0.05) is 23.7 Å². The smallest absolute Gasteiger partial charge is 0.251 e. The number of hydrogen-bond donors (Lipinski definition) is 2. The number of halogens is 1. The summed E-state index contributed by atoms with van der Waals surface area (Å²) in [6.07, 6.45) is 1.57. The molecule has 0 atom stereocenters. The first-order valence-electron chi connectivity index (χ1n) is 5.90. The first-order chi connectivity index (χ1) is 9.65. The van der Waals surface area contributed by atoms with Crippen molar-refractivity contribution >= 4 is 29.2 Å². The molecule has 20 heavy (non-hydrogen) atoms. The van der Waals surface area contributed by atoms with Crippen molar-refractivity contribution in [1.29, 1.82) is 0 Å². The summed E-state index contributed by atoms with van der Waals surface area (Å²) >= 11 is 5.79. The topological polar surface area (TPSA) is 71.1 Å². The van der Waals surface area contributed by atoms with Gasteiger partial charge in [0.2, 0.25) is 5.91 Å². The average molecular weight is 290 g/mol. The van der Waals surface area contributed by atoms with Gasteiger partial charge in [0.15, 0.2) is 0 Å². The van der Waals surface area contributed by atoms with Crippen LogP contribution in [0.4, 0.5) is 5.82 Å². The van der Waals surface area contributed by atoms with Gasteiger partial charge in [0, 0.05) is 16.8 Å². The highest BCUT2D eigenvalue weighted by atomic mass is 35.5. The summed E-state index contributed by atoms with van der Waals surface area (Å²) in [5.41, 5.74) is 0.406. The van der Waals surface area contributed by atoms with Crippen molar-refractivity contribution in [2.24, 2.45) is 0 Å². The van der Waals surface area contributed by atoms with E-state index in [9.17, 15) is 9.59 Å². The number of rotatable bonds is 4. The normalized spacial score (nSPS) is 9.85. The maximum absolute atomic E-state index is 11.8. The summed E-state index contributed by atoms with van der Waals surface area (Å²) in [6.45, 7) is -0.137. The number of anilines is 1. The third-order valence-electron chi connectivity index (χ3n) is 2.43. The fourth-order valence-corrected chi connectivity index (χ4v) is 1.71. The lowest BCUT2D eigenvalue weighted by atomic mass is 10.2. The van der Waals surface area contributed by atoms with E-state index in [2.05, 4.69) is 15.6 Å². The molecule has 1 aromatic heterocycles. The minimum absolute atomic E-state index is 0.137. The van der Waals surface area contributed by atoms with E-state index in [1.165, 1.54) is 6.07 Å². The molecule has 0 saturated heterocycles. The third-order valence-corrected chi connectivity index (χ3v) is 2.66. The fraction of sp³-hybridized carbons (Fsp3) is 0.0714. The Bertz CT molecular complexity index is 617. The number of hydrogen-bond acceptors (Lipinski definition) is 3. The van der Waals surface area contributed by atoms with E-state index < -0.39 is 0 Å². The molecular weight excluding hydrogens is 278 g/mol. The van der Waals surface area contributed by atoms with E-state index in [4.69, 9.17) is 11.6 Å². The molecule has 0 fully saturated rings. The largest absolute Gasteiger partial charge is 0.343 e. The number of carbonyl (C=O) groups is 2. The van der Waals surface area contributed by atoms with E-state index in [0.717, 1.165) is 0 Å². The van der Waals surface area contributed by atoms with Gasteiger partial charge in [0.05, 0.1) is 6.54 Å². The number of carbonyl (C=O) groups excluding carboxylic acids is 2. The van der Waals surface area contributed by atoms with Crippen LogP contribution in [0.3, 0.4) is 0 Å². The molecule has 0 radical (unpaired) electrons. The third kappa shape index (κ3) is 4.07. The SMILES string of the molecule is O=C(CNC(=O)c1cccc(Cl)c1)Nc1ccccn1. The Kier molecular flexibility index (Phi) is 4.68. The predicted molar refractivity (Wildman–Crippen MR) is 76.7 cm³/mol. The van der Waals surface area contributed by atoms with Crippen LogP contribution in [0.1, 0.15) is 10.4 Å². The number of nitrogens with one attached hydrogen (secondary N) is 2. The average Bonchev–Trinajstić information content (AvgIpc) is 2.46. The second kappa shape index (κ2) is 6.68. The van der Waals surface area contributed by atoms with E-state index in [1.807, 2.05) is 0 Å². The van der Waals surface area contributed by atoms with Crippen LogP contribution >= 0.6 is 11.6 Å². The van der Waals surface area contributed by atoms with Gasteiger partial charge in [-0.2, -0.15) is 0 Å². The molecule has 0 bridgehead atoms. The molecule has 2 aromatic rings. The quantitative estimate of drug-likeness (QED) is 0.905. The molecule has 0 aliphatic carbocycles. The van der Waals surface area contributed by atoms with E-state index in [-0.39, 0.29) is 18.4 Å². The highest BCUT2D eigenvalue weighted by Gasteiger charge is 2.08. The molecule has 6 heteroatoms. The molecule has 5 nitrogen and oxygen atoms in total. The molecule has 1 aromatic carbocycles. The molecule has 102 valence electrons. The number of pyridine rings is 1. The van der Waals surface area contributed by atoms with Gasteiger partial charge >= 0.3 is 0 Å². The van der Waals surface area contributed by atoms with Crippen LogP contribution in [0.25, 0.3) is 0 Å². The molecule has 0 saturated carbocycles. The monoisotopic (exact) mass is 289 g/mol. The highest BCUT2D eigenvalue weighted by molar-refractivity contribution is 6.31. The number of aromatic nitrogens is 1. The molecule has 0 spiro atoms. The minimum atomic E-state index is -0.358. The van der Waals surface area contributed by atoms with Crippen LogP contribution in [0.15, 0.2) is 48.7 Å². The summed E-state index contributed by atoms with van der Waals surface area (Å²) in [5, 5.41) is 5.55. The number of nitrogens with zero attached hydrogens (tertiary/aromatic N) is 1. The fourth-order valence-electron chi connectivity index (χ4n) is 1.52. The highest BCUT2D eigenvalue weighted by Crippen LogP contribution is 2.10. The zero-order valence-corrected chi connectivity index (χ0v) is 11.2.